The second kappa shape index (κ2) is 9.46. The van der Waals surface area contributed by atoms with Crippen LogP contribution in [0.4, 0.5) is 18.9 Å². The lowest BCUT2D eigenvalue weighted by Gasteiger charge is -2.13. The van der Waals surface area contributed by atoms with E-state index in [-0.39, 0.29) is 17.9 Å². The molecular formula is C24H20F3N5O2. The SMILES string of the molecule is NCc1cccc(-n2nc(C(F)(F)F)cc2C(=O)Nc2cccc(C(O)c3cccnc3)c2)c1. The number of aromatic nitrogens is 3. The average Bonchev–Trinajstić information content (AvgIpc) is 3.31. The first-order valence-corrected chi connectivity index (χ1v) is 10.2. The van der Waals surface area contributed by atoms with Gasteiger partial charge in [0.05, 0.1) is 5.69 Å². The van der Waals surface area contributed by atoms with Crippen LogP contribution in [0.3, 0.4) is 0 Å². The van der Waals surface area contributed by atoms with Gasteiger partial charge in [-0.25, -0.2) is 4.68 Å². The number of alkyl halides is 3. The molecule has 2 aromatic heterocycles. The minimum atomic E-state index is -4.74. The van der Waals surface area contributed by atoms with Crippen LogP contribution in [-0.2, 0) is 12.7 Å². The van der Waals surface area contributed by atoms with Crippen molar-refractivity contribution in [1.82, 2.24) is 14.8 Å². The smallest absolute Gasteiger partial charge is 0.384 e. The predicted octanol–water partition coefficient (Wildman–Crippen LogP) is 4.08. The normalized spacial score (nSPS) is 12.4. The highest BCUT2D eigenvalue weighted by atomic mass is 19.4. The van der Waals surface area contributed by atoms with E-state index in [0.29, 0.717) is 28.4 Å². The number of pyridine rings is 1. The van der Waals surface area contributed by atoms with Gasteiger partial charge in [0, 0.05) is 36.3 Å². The predicted molar refractivity (Wildman–Crippen MR) is 119 cm³/mol. The molecule has 0 radical (unpaired) electrons. The van der Waals surface area contributed by atoms with Crippen molar-refractivity contribution in [3.05, 3.63) is 107 Å². The third-order valence-electron chi connectivity index (χ3n) is 5.08. The van der Waals surface area contributed by atoms with E-state index in [1.54, 1.807) is 54.7 Å². The van der Waals surface area contributed by atoms with Gasteiger partial charge in [0.15, 0.2) is 5.69 Å². The van der Waals surface area contributed by atoms with E-state index in [9.17, 15) is 23.1 Å². The molecule has 0 spiro atoms. The fraction of sp³-hybridized carbons (Fsp3) is 0.125. The van der Waals surface area contributed by atoms with Gasteiger partial charge in [0.25, 0.3) is 5.91 Å². The first-order chi connectivity index (χ1) is 16.3. The molecule has 1 amide bonds. The lowest BCUT2D eigenvalue weighted by Crippen LogP contribution is -2.17. The summed E-state index contributed by atoms with van der Waals surface area (Å²) in [5.41, 5.74) is 6.40. The van der Waals surface area contributed by atoms with Crippen molar-refractivity contribution < 1.29 is 23.1 Å². The Morgan fingerprint density at radius 1 is 1.06 bits per heavy atom. The van der Waals surface area contributed by atoms with Crippen LogP contribution >= 0.6 is 0 Å². The molecule has 4 N–H and O–H groups in total. The van der Waals surface area contributed by atoms with Crippen molar-refractivity contribution >= 4 is 11.6 Å². The molecule has 2 aromatic carbocycles. The summed E-state index contributed by atoms with van der Waals surface area (Å²) in [6.07, 6.45) is -2.64. The van der Waals surface area contributed by atoms with Gasteiger partial charge in [-0.05, 0) is 41.5 Å². The molecule has 1 unspecified atom stereocenters. The van der Waals surface area contributed by atoms with Crippen LogP contribution < -0.4 is 11.1 Å². The number of aliphatic hydroxyl groups is 1. The number of rotatable bonds is 6. The monoisotopic (exact) mass is 467 g/mol. The van der Waals surface area contributed by atoms with Crippen molar-refractivity contribution in [1.29, 1.82) is 0 Å². The Hall–Kier alpha value is -4.02. The quantitative estimate of drug-likeness (QED) is 0.396. The largest absolute Gasteiger partial charge is 0.435 e. The van der Waals surface area contributed by atoms with Gasteiger partial charge in [-0.2, -0.15) is 18.3 Å². The molecular weight excluding hydrogens is 447 g/mol. The third-order valence-corrected chi connectivity index (χ3v) is 5.08. The lowest BCUT2D eigenvalue weighted by molar-refractivity contribution is -0.141. The molecule has 2 heterocycles. The number of halogens is 3. The molecule has 0 bridgehead atoms. The van der Waals surface area contributed by atoms with Gasteiger partial charge in [-0.15, -0.1) is 0 Å². The molecule has 4 aromatic rings. The molecule has 0 saturated heterocycles. The molecule has 174 valence electrons. The molecule has 0 saturated carbocycles. The molecule has 0 aliphatic heterocycles. The summed E-state index contributed by atoms with van der Waals surface area (Å²) in [7, 11) is 0. The summed E-state index contributed by atoms with van der Waals surface area (Å²) in [4.78, 5) is 17.0. The Balaban J connectivity index is 1.66. The minimum absolute atomic E-state index is 0.175. The van der Waals surface area contributed by atoms with Crippen molar-refractivity contribution in [3.63, 3.8) is 0 Å². The van der Waals surface area contributed by atoms with Gasteiger partial charge >= 0.3 is 6.18 Å². The fourth-order valence-electron chi connectivity index (χ4n) is 3.41. The number of nitrogens with zero attached hydrogens (tertiary/aromatic N) is 3. The number of nitrogens with two attached hydrogens (primary N) is 1. The van der Waals surface area contributed by atoms with Crippen LogP contribution in [0.2, 0.25) is 0 Å². The summed E-state index contributed by atoms with van der Waals surface area (Å²) in [5.74, 6) is -0.797. The van der Waals surface area contributed by atoms with Crippen molar-refractivity contribution in [2.24, 2.45) is 5.73 Å². The number of aliphatic hydroxyl groups excluding tert-OH is 1. The third kappa shape index (κ3) is 4.98. The van der Waals surface area contributed by atoms with Crippen LogP contribution in [0.5, 0.6) is 0 Å². The zero-order chi connectivity index (χ0) is 24.3. The summed E-state index contributed by atoms with van der Waals surface area (Å²) >= 11 is 0. The summed E-state index contributed by atoms with van der Waals surface area (Å²) in [5, 5.41) is 16.8. The first kappa shape index (κ1) is 23.1. The topological polar surface area (TPSA) is 106 Å². The molecule has 10 heteroatoms. The number of carbonyl (C=O) groups is 1. The number of hydrogen-bond donors (Lipinski definition) is 3. The van der Waals surface area contributed by atoms with Crippen LogP contribution in [0.15, 0.2) is 79.1 Å². The highest BCUT2D eigenvalue weighted by Gasteiger charge is 2.36. The molecule has 0 fully saturated rings. The highest BCUT2D eigenvalue weighted by molar-refractivity contribution is 6.03. The van der Waals surface area contributed by atoms with E-state index in [4.69, 9.17) is 5.73 Å². The van der Waals surface area contributed by atoms with Crippen LogP contribution in [-0.4, -0.2) is 25.8 Å². The summed E-state index contributed by atoms with van der Waals surface area (Å²) < 4.78 is 41.1. The Morgan fingerprint density at radius 3 is 2.53 bits per heavy atom. The standard InChI is InChI=1S/C24H20F3N5O2/c25-24(26,27)21-12-20(32(31-21)19-8-1-4-15(10-19)13-28)23(34)30-18-7-2-5-16(11-18)22(33)17-6-3-9-29-14-17/h1-12,14,22,33H,13,28H2,(H,30,34). The zero-order valence-electron chi connectivity index (χ0n) is 17.7. The van der Waals surface area contributed by atoms with E-state index >= 15 is 0 Å². The maximum absolute atomic E-state index is 13.4. The second-order valence-electron chi connectivity index (χ2n) is 7.47. The first-order valence-electron chi connectivity index (χ1n) is 10.2. The van der Waals surface area contributed by atoms with Crippen molar-refractivity contribution in [2.45, 2.75) is 18.8 Å². The number of carbonyl (C=O) groups excluding carboxylic acids is 1. The van der Waals surface area contributed by atoms with Gasteiger partial charge < -0.3 is 16.2 Å². The van der Waals surface area contributed by atoms with Crippen molar-refractivity contribution in [3.8, 4) is 5.69 Å². The van der Waals surface area contributed by atoms with Gasteiger partial charge in [0.2, 0.25) is 0 Å². The van der Waals surface area contributed by atoms with E-state index in [2.05, 4.69) is 15.4 Å². The number of anilines is 1. The molecule has 1 atom stereocenters. The van der Waals surface area contributed by atoms with E-state index in [1.807, 2.05) is 0 Å². The maximum Gasteiger partial charge on any atom is 0.435 e. The molecule has 0 aliphatic carbocycles. The van der Waals surface area contributed by atoms with Crippen LogP contribution in [0.1, 0.15) is 39.0 Å². The molecule has 7 nitrogen and oxygen atoms in total. The molecule has 4 rings (SSSR count). The van der Waals surface area contributed by atoms with E-state index < -0.39 is 23.9 Å². The summed E-state index contributed by atoms with van der Waals surface area (Å²) in [6, 6.07) is 16.9. The van der Waals surface area contributed by atoms with Crippen molar-refractivity contribution in [2.75, 3.05) is 5.32 Å². The Bertz CT molecular complexity index is 1310. The number of amides is 1. The molecule has 34 heavy (non-hydrogen) atoms. The van der Waals surface area contributed by atoms with Crippen LogP contribution in [0.25, 0.3) is 5.69 Å². The Labute approximate surface area is 192 Å². The number of benzene rings is 2. The average molecular weight is 467 g/mol. The maximum atomic E-state index is 13.4. The van der Waals surface area contributed by atoms with Gasteiger partial charge in [0.1, 0.15) is 11.8 Å². The Kier molecular flexibility index (Phi) is 6.44. The second-order valence-corrected chi connectivity index (χ2v) is 7.47. The highest BCUT2D eigenvalue weighted by Crippen LogP contribution is 2.30. The minimum Gasteiger partial charge on any atom is -0.384 e. The summed E-state index contributed by atoms with van der Waals surface area (Å²) in [6.45, 7) is 0.175. The fourth-order valence-corrected chi connectivity index (χ4v) is 3.41. The van der Waals surface area contributed by atoms with Crippen LogP contribution in [0, 0.1) is 0 Å². The Morgan fingerprint density at radius 2 is 1.82 bits per heavy atom. The van der Waals surface area contributed by atoms with Gasteiger partial charge in [-0.1, -0.05) is 30.3 Å². The number of nitrogens with one attached hydrogen (secondary N) is 1. The molecule has 0 aliphatic rings. The van der Waals surface area contributed by atoms with Gasteiger partial charge in [-0.3, -0.25) is 9.78 Å². The zero-order valence-corrected chi connectivity index (χ0v) is 17.7. The van der Waals surface area contributed by atoms with E-state index in [1.165, 1.54) is 18.3 Å². The lowest BCUT2D eigenvalue weighted by atomic mass is 10.0. The number of hydrogen-bond acceptors (Lipinski definition) is 5. The van der Waals surface area contributed by atoms with E-state index in [0.717, 1.165) is 4.68 Å².